The lowest BCUT2D eigenvalue weighted by Gasteiger charge is -2.09. The summed E-state index contributed by atoms with van der Waals surface area (Å²) in [5, 5.41) is 0.549. The number of ether oxygens (including phenoxy) is 2. The molecule has 4 nitrogen and oxygen atoms in total. The molecule has 0 radical (unpaired) electrons. The molecule has 1 aromatic heterocycles. The maximum atomic E-state index is 12.2. The number of pyridine rings is 1. The highest BCUT2D eigenvalue weighted by atomic mass is 35.5. The molecular formula is C20H16ClNO3. The topological polar surface area (TPSA) is 48.4 Å². The third-order valence-corrected chi connectivity index (χ3v) is 3.78. The average Bonchev–Trinajstić information content (AvgIpc) is 2.66. The molecule has 0 amide bonds. The smallest absolute Gasteiger partial charge is 0.338 e. The number of aromatic nitrogens is 1. The minimum Gasteiger partial charge on any atom is -0.487 e. The van der Waals surface area contributed by atoms with E-state index in [-0.39, 0.29) is 6.61 Å². The van der Waals surface area contributed by atoms with E-state index in [0.29, 0.717) is 28.6 Å². The van der Waals surface area contributed by atoms with Crippen LogP contribution in [0.5, 0.6) is 5.75 Å². The summed E-state index contributed by atoms with van der Waals surface area (Å²) >= 11 is 6.07. The zero-order chi connectivity index (χ0) is 17.5. The van der Waals surface area contributed by atoms with Crippen LogP contribution in [0.4, 0.5) is 0 Å². The maximum Gasteiger partial charge on any atom is 0.338 e. The Hall–Kier alpha value is -2.85. The van der Waals surface area contributed by atoms with E-state index in [1.165, 1.54) is 0 Å². The summed E-state index contributed by atoms with van der Waals surface area (Å²) in [4.78, 5) is 16.3. The molecule has 0 saturated heterocycles. The molecule has 0 atom stereocenters. The quantitative estimate of drug-likeness (QED) is 0.604. The van der Waals surface area contributed by atoms with Crippen LogP contribution in [0, 0.1) is 0 Å². The minimum absolute atomic E-state index is 0.139. The first-order valence-corrected chi connectivity index (χ1v) is 8.13. The number of para-hydroxylation sites is 1. The van der Waals surface area contributed by atoms with Crippen molar-refractivity contribution in [3.05, 3.63) is 94.8 Å². The van der Waals surface area contributed by atoms with E-state index in [0.717, 1.165) is 5.56 Å². The Balaban J connectivity index is 1.61. The van der Waals surface area contributed by atoms with Gasteiger partial charge >= 0.3 is 5.97 Å². The molecular weight excluding hydrogens is 338 g/mol. The summed E-state index contributed by atoms with van der Waals surface area (Å²) in [6, 6.07) is 19.9. The molecule has 126 valence electrons. The molecule has 0 unspecified atom stereocenters. The van der Waals surface area contributed by atoms with E-state index < -0.39 is 5.97 Å². The van der Waals surface area contributed by atoms with E-state index >= 15 is 0 Å². The van der Waals surface area contributed by atoms with Gasteiger partial charge in [0.25, 0.3) is 0 Å². The zero-order valence-electron chi connectivity index (χ0n) is 13.4. The summed E-state index contributed by atoms with van der Waals surface area (Å²) in [6.45, 7) is 0.450. The Bertz CT molecular complexity index is 852. The second-order valence-corrected chi connectivity index (χ2v) is 5.72. The molecule has 0 fully saturated rings. The van der Waals surface area contributed by atoms with Gasteiger partial charge in [0.1, 0.15) is 19.0 Å². The molecule has 1 heterocycles. The largest absolute Gasteiger partial charge is 0.487 e. The fourth-order valence-electron chi connectivity index (χ4n) is 2.22. The first-order chi connectivity index (χ1) is 12.2. The van der Waals surface area contributed by atoms with Crippen LogP contribution in [0.3, 0.4) is 0 Å². The number of carbonyl (C=O) groups is 1. The predicted octanol–water partition coefficient (Wildman–Crippen LogP) is 4.67. The Morgan fingerprint density at radius 2 is 1.80 bits per heavy atom. The number of halogens is 1. The van der Waals surface area contributed by atoms with Gasteiger partial charge < -0.3 is 9.47 Å². The summed E-state index contributed by atoms with van der Waals surface area (Å²) in [5.41, 5.74) is 2.03. The van der Waals surface area contributed by atoms with Gasteiger partial charge in [-0.25, -0.2) is 4.79 Å². The van der Waals surface area contributed by atoms with Gasteiger partial charge in [-0.1, -0.05) is 41.9 Å². The molecule has 3 rings (SSSR count). The lowest BCUT2D eigenvalue weighted by Crippen LogP contribution is -2.07. The van der Waals surface area contributed by atoms with Gasteiger partial charge in [-0.2, -0.15) is 0 Å². The molecule has 2 aromatic carbocycles. The van der Waals surface area contributed by atoms with Gasteiger partial charge in [0.05, 0.1) is 16.3 Å². The van der Waals surface area contributed by atoms with E-state index in [2.05, 4.69) is 4.98 Å². The second-order valence-electron chi connectivity index (χ2n) is 5.32. The van der Waals surface area contributed by atoms with Gasteiger partial charge in [-0.15, -0.1) is 0 Å². The molecule has 0 aliphatic heterocycles. The van der Waals surface area contributed by atoms with Gasteiger partial charge in [-0.05, 0) is 42.0 Å². The van der Waals surface area contributed by atoms with Crippen molar-refractivity contribution in [1.82, 2.24) is 4.98 Å². The van der Waals surface area contributed by atoms with Crippen molar-refractivity contribution in [3.8, 4) is 5.75 Å². The van der Waals surface area contributed by atoms with Crippen molar-refractivity contribution in [3.63, 3.8) is 0 Å². The van der Waals surface area contributed by atoms with Crippen LogP contribution in [0.25, 0.3) is 0 Å². The Morgan fingerprint density at radius 1 is 0.960 bits per heavy atom. The normalized spacial score (nSPS) is 10.3. The monoisotopic (exact) mass is 353 g/mol. The highest BCUT2D eigenvalue weighted by Gasteiger charge is 2.09. The van der Waals surface area contributed by atoms with Crippen LogP contribution in [-0.2, 0) is 18.0 Å². The van der Waals surface area contributed by atoms with Gasteiger partial charge in [-0.3, -0.25) is 4.98 Å². The molecule has 3 aromatic rings. The molecule has 25 heavy (non-hydrogen) atoms. The summed E-state index contributed by atoms with van der Waals surface area (Å²) in [7, 11) is 0. The fourth-order valence-corrected chi connectivity index (χ4v) is 2.41. The summed E-state index contributed by atoms with van der Waals surface area (Å²) in [6.07, 6.45) is 1.66. The van der Waals surface area contributed by atoms with E-state index in [1.807, 2.05) is 30.3 Å². The van der Waals surface area contributed by atoms with Crippen molar-refractivity contribution < 1.29 is 14.3 Å². The molecule has 0 spiro atoms. The van der Waals surface area contributed by atoms with Gasteiger partial charge in [0, 0.05) is 6.20 Å². The van der Waals surface area contributed by atoms with Crippen molar-refractivity contribution in [2.24, 2.45) is 0 Å². The van der Waals surface area contributed by atoms with Crippen molar-refractivity contribution in [1.29, 1.82) is 0 Å². The first-order valence-electron chi connectivity index (χ1n) is 7.76. The number of hydrogen-bond acceptors (Lipinski definition) is 4. The van der Waals surface area contributed by atoms with Crippen LogP contribution in [0.1, 0.15) is 21.6 Å². The number of rotatable bonds is 6. The lowest BCUT2D eigenvalue weighted by atomic mass is 10.1. The average molecular weight is 354 g/mol. The molecule has 0 aliphatic carbocycles. The number of benzene rings is 2. The third-order valence-electron chi connectivity index (χ3n) is 3.47. The molecule has 0 bridgehead atoms. The van der Waals surface area contributed by atoms with Gasteiger partial charge in [0.2, 0.25) is 0 Å². The van der Waals surface area contributed by atoms with Crippen LogP contribution >= 0.6 is 11.6 Å². The van der Waals surface area contributed by atoms with Crippen molar-refractivity contribution >= 4 is 17.6 Å². The number of esters is 1. The molecule has 5 heteroatoms. The minimum atomic E-state index is -0.398. The molecule has 0 saturated carbocycles. The maximum absolute atomic E-state index is 12.2. The van der Waals surface area contributed by atoms with Crippen LogP contribution in [0.15, 0.2) is 72.9 Å². The van der Waals surface area contributed by atoms with Crippen LogP contribution < -0.4 is 4.74 Å². The SMILES string of the molecule is O=C(OCc1ccccn1)c1cccc(COc2ccccc2Cl)c1. The standard InChI is InChI=1S/C20H16ClNO3/c21-18-9-1-2-10-19(18)24-13-15-6-5-7-16(12-15)20(23)25-14-17-8-3-4-11-22-17/h1-12H,13-14H2. The molecule has 0 N–H and O–H groups in total. The van der Waals surface area contributed by atoms with Crippen molar-refractivity contribution in [2.45, 2.75) is 13.2 Å². The third kappa shape index (κ3) is 4.81. The van der Waals surface area contributed by atoms with E-state index in [9.17, 15) is 4.79 Å². The fraction of sp³-hybridized carbons (Fsp3) is 0.100. The molecule has 0 aliphatic rings. The Kier molecular flexibility index (Phi) is 5.65. The zero-order valence-corrected chi connectivity index (χ0v) is 14.1. The van der Waals surface area contributed by atoms with Crippen LogP contribution in [-0.4, -0.2) is 11.0 Å². The second kappa shape index (κ2) is 8.31. The lowest BCUT2D eigenvalue weighted by molar-refractivity contribution is 0.0467. The van der Waals surface area contributed by atoms with E-state index in [4.69, 9.17) is 21.1 Å². The summed E-state index contributed by atoms with van der Waals surface area (Å²) in [5.74, 6) is 0.206. The van der Waals surface area contributed by atoms with E-state index in [1.54, 1.807) is 42.6 Å². The number of hydrogen-bond donors (Lipinski definition) is 0. The predicted molar refractivity (Wildman–Crippen MR) is 95.6 cm³/mol. The highest BCUT2D eigenvalue weighted by Crippen LogP contribution is 2.24. The Labute approximate surface area is 151 Å². The first kappa shape index (κ1) is 17.0. The number of carbonyl (C=O) groups excluding carboxylic acids is 1. The van der Waals surface area contributed by atoms with Crippen LogP contribution in [0.2, 0.25) is 5.02 Å². The van der Waals surface area contributed by atoms with Gasteiger partial charge in [0.15, 0.2) is 0 Å². The van der Waals surface area contributed by atoms with Crippen molar-refractivity contribution in [2.75, 3.05) is 0 Å². The Morgan fingerprint density at radius 3 is 2.60 bits per heavy atom. The summed E-state index contributed by atoms with van der Waals surface area (Å²) < 4.78 is 11.0. The number of nitrogens with zero attached hydrogens (tertiary/aromatic N) is 1. The highest BCUT2D eigenvalue weighted by molar-refractivity contribution is 6.32.